The second-order valence-electron chi connectivity index (χ2n) is 3.15. The predicted octanol–water partition coefficient (Wildman–Crippen LogP) is -1.10. The van der Waals surface area contributed by atoms with E-state index in [-0.39, 0.29) is 0 Å². The van der Waals surface area contributed by atoms with Crippen LogP contribution in [0.1, 0.15) is 0 Å². The molecule has 0 spiro atoms. The summed E-state index contributed by atoms with van der Waals surface area (Å²) in [6, 6.07) is 0. The van der Waals surface area contributed by atoms with Crippen molar-refractivity contribution in [1.82, 2.24) is 0 Å². The number of esters is 1. The van der Waals surface area contributed by atoms with E-state index in [1.54, 1.807) is 0 Å². The summed E-state index contributed by atoms with van der Waals surface area (Å²) in [5, 5.41) is 8.69. The summed E-state index contributed by atoms with van der Waals surface area (Å²) in [5.41, 5.74) is 0. The van der Waals surface area contributed by atoms with Crippen molar-refractivity contribution in [2.75, 3.05) is 18.6 Å². The van der Waals surface area contributed by atoms with Crippen molar-refractivity contribution >= 4 is 21.8 Å². The second kappa shape index (κ2) is 3.56. The topological polar surface area (TPSA) is 97.7 Å². The molecule has 0 aliphatic carbocycles. The lowest BCUT2D eigenvalue weighted by atomic mass is 9.97. The van der Waals surface area contributed by atoms with Crippen LogP contribution in [0.5, 0.6) is 0 Å². The van der Waals surface area contributed by atoms with Gasteiger partial charge in [0.05, 0.1) is 30.5 Å². The first-order chi connectivity index (χ1) is 6.37. The van der Waals surface area contributed by atoms with Crippen LogP contribution in [-0.2, 0) is 24.2 Å². The summed E-state index contributed by atoms with van der Waals surface area (Å²) in [4.78, 5) is 21.7. The molecule has 0 amide bonds. The normalized spacial score (nSPS) is 29.8. The Balaban J connectivity index is 2.94. The molecule has 0 aromatic rings. The molecule has 1 N–H and O–H groups in total. The molecule has 0 aromatic carbocycles. The van der Waals surface area contributed by atoms with Gasteiger partial charge >= 0.3 is 11.9 Å². The van der Waals surface area contributed by atoms with E-state index < -0.39 is 45.1 Å². The molecule has 7 heteroatoms. The van der Waals surface area contributed by atoms with Crippen molar-refractivity contribution in [2.45, 2.75) is 0 Å². The van der Waals surface area contributed by atoms with Gasteiger partial charge in [-0.05, 0) is 0 Å². The van der Waals surface area contributed by atoms with E-state index in [0.29, 0.717) is 0 Å². The van der Waals surface area contributed by atoms with Crippen molar-refractivity contribution in [1.29, 1.82) is 0 Å². The molecule has 1 heterocycles. The van der Waals surface area contributed by atoms with E-state index in [4.69, 9.17) is 5.11 Å². The van der Waals surface area contributed by atoms with Gasteiger partial charge in [0.25, 0.3) is 0 Å². The standard InChI is InChI=1S/C7H10O6S/c1-13-7(10)5-3-14(11,12)2-4(5)6(8)9/h4-5H,2-3H2,1H3,(H,8,9)/t4-,5-/m1/s1. The molecule has 0 radical (unpaired) electrons. The van der Waals surface area contributed by atoms with E-state index in [1.807, 2.05) is 0 Å². The highest BCUT2D eigenvalue weighted by Crippen LogP contribution is 2.26. The maximum absolute atomic E-state index is 11.1. The van der Waals surface area contributed by atoms with E-state index >= 15 is 0 Å². The Morgan fingerprint density at radius 3 is 2.21 bits per heavy atom. The van der Waals surface area contributed by atoms with E-state index in [2.05, 4.69) is 4.74 Å². The number of carboxylic acids is 1. The van der Waals surface area contributed by atoms with Gasteiger partial charge in [-0.15, -0.1) is 0 Å². The maximum Gasteiger partial charge on any atom is 0.310 e. The van der Waals surface area contributed by atoms with Gasteiger partial charge in [-0.1, -0.05) is 0 Å². The van der Waals surface area contributed by atoms with Gasteiger partial charge in [-0.2, -0.15) is 0 Å². The molecule has 1 fully saturated rings. The highest BCUT2D eigenvalue weighted by molar-refractivity contribution is 7.91. The lowest BCUT2D eigenvalue weighted by Crippen LogP contribution is -2.29. The number of hydrogen-bond acceptors (Lipinski definition) is 5. The molecule has 0 aromatic heterocycles. The molecular weight excluding hydrogens is 212 g/mol. The summed E-state index contributed by atoms with van der Waals surface area (Å²) in [6.45, 7) is 0. The number of carbonyl (C=O) groups excluding carboxylic acids is 1. The lowest BCUT2D eigenvalue weighted by Gasteiger charge is -2.10. The first kappa shape index (κ1) is 11.0. The Hall–Kier alpha value is -1.11. The molecule has 1 aliphatic rings. The smallest absolute Gasteiger partial charge is 0.310 e. The number of rotatable bonds is 2. The summed E-state index contributed by atoms with van der Waals surface area (Å²) >= 11 is 0. The minimum atomic E-state index is -3.43. The van der Waals surface area contributed by atoms with Crippen molar-refractivity contribution < 1.29 is 27.9 Å². The summed E-state index contributed by atoms with van der Waals surface area (Å²) in [6.07, 6.45) is 0. The van der Waals surface area contributed by atoms with Crippen LogP contribution < -0.4 is 0 Å². The van der Waals surface area contributed by atoms with Crippen LogP contribution in [0, 0.1) is 11.8 Å². The largest absolute Gasteiger partial charge is 0.481 e. The van der Waals surface area contributed by atoms with E-state index in [1.165, 1.54) is 0 Å². The highest BCUT2D eigenvalue weighted by Gasteiger charge is 2.46. The Kier molecular flexibility index (Phi) is 2.79. The van der Waals surface area contributed by atoms with Gasteiger partial charge in [-0.25, -0.2) is 8.42 Å². The fraction of sp³-hybridized carbons (Fsp3) is 0.714. The Labute approximate surface area is 80.8 Å². The van der Waals surface area contributed by atoms with Gasteiger partial charge in [0.2, 0.25) is 0 Å². The van der Waals surface area contributed by atoms with E-state index in [9.17, 15) is 18.0 Å². The number of hydrogen-bond donors (Lipinski definition) is 1. The third-order valence-corrected chi connectivity index (χ3v) is 3.91. The maximum atomic E-state index is 11.1. The summed E-state index contributed by atoms with van der Waals surface area (Å²) in [7, 11) is -2.32. The molecule has 0 unspecified atom stereocenters. The van der Waals surface area contributed by atoms with Crippen LogP contribution in [0.4, 0.5) is 0 Å². The molecule has 1 rings (SSSR count). The monoisotopic (exact) mass is 222 g/mol. The van der Waals surface area contributed by atoms with Crippen LogP contribution in [0.2, 0.25) is 0 Å². The van der Waals surface area contributed by atoms with Crippen LogP contribution in [0.3, 0.4) is 0 Å². The zero-order valence-electron chi connectivity index (χ0n) is 7.47. The number of carbonyl (C=O) groups is 2. The molecular formula is C7H10O6S. The van der Waals surface area contributed by atoms with Gasteiger partial charge < -0.3 is 9.84 Å². The average molecular weight is 222 g/mol. The SMILES string of the molecule is COC(=O)[C@@H]1CS(=O)(=O)C[C@H]1C(=O)O. The Bertz CT molecular complexity index is 356. The molecule has 80 valence electrons. The third kappa shape index (κ3) is 2.03. The number of ether oxygens (including phenoxy) is 1. The molecule has 0 bridgehead atoms. The molecule has 1 aliphatic heterocycles. The van der Waals surface area contributed by atoms with Crippen molar-refractivity contribution in [3.05, 3.63) is 0 Å². The highest BCUT2D eigenvalue weighted by atomic mass is 32.2. The van der Waals surface area contributed by atoms with Crippen LogP contribution in [-0.4, -0.2) is 44.1 Å². The van der Waals surface area contributed by atoms with Crippen molar-refractivity contribution in [3.8, 4) is 0 Å². The van der Waals surface area contributed by atoms with Crippen LogP contribution in [0.15, 0.2) is 0 Å². The quantitative estimate of drug-likeness (QED) is 0.596. The number of methoxy groups -OCH3 is 1. The Morgan fingerprint density at radius 2 is 1.79 bits per heavy atom. The predicted molar refractivity (Wildman–Crippen MR) is 45.3 cm³/mol. The van der Waals surface area contributed by atoms with Gasteiger partial charge in [0.15, 0.2) is 9.84 Å². The molecule has 2 atom stereocenters. The summed E-state index contributed by atoms with van der Waals surface area (Å²) < 4.78 is 26.6. The Morgan fingerprint density at radius 1 is 1.29 bits per heavy atom. The van der Waals surface area contributed by atoms with E-state index in [0.717, 1.165) is 7.11 Å². The number of aliphatic carboxylic acids is 1. The van der Waals surface area contributed by atoms with Crippen LogP contribution >= 0.6 is 0 Å². The summed E-state index contributed by atoms with van der Waals surface area (Å²) in [5.74, 6) is -5.21. The number of sulfone groups is 1. The first-order valence-electron chi connectivity index (χ1n) is 3.88. The van der Waals surface area contributed by atoms with Gasteiger partial charge in [0.1, 0.15) is 0 Å². The first-order valence-corrected chi connectivity index (χ1v) is 5.70. The average Bonchev–Trinajstić information content (AvgIpc) is 2.40. The molecule has 14 heavy (non-hydrogen) atoms. The van der Waals surface area contributed by atoms with Crippen molar-refractivity contribution in [3.63, 3.8) is 0 Å². The van der Waals surface area contributed by atoms with Crippen LogP contribution in [0.25, 0.3) is 0 Å². The zero-order valence-corrected chi connectivity index (χ0v) is 8.28. The lowest BCUT2D eigenvalue weighted by molar-refractivity contribution is -0.153. The zero-order chi connectivity index (χ0) is 10.9. The third-order valence-electron chi connectivity index (χ3n) is 2.17. The molecule has 1 saturated heterocycles. The minimum Gasteiger partial charge on any atom is -0.481 e. The number of carboxylic acid groups (broad SMARTS) is 1. The molecule has 0 saturated carbocycles. The molecule has 6 nitrogen and oxygen atoms in total. The van der Waals surface area contributed by atoms with Gasteiger partial charge in [-0.3, -0.25) is 9.59 Å². The fourth-order valence-electron chi connectivity index (χ4n) is 1.47. The minimum absolute atomic E-state index is 0.434. The second-order valence-corrected chi connectivity index (χ2v) is 5.31. The van der Waals surface area contributed by atoms with Crippen molar-refractivity contribution in [2.24, 2.45) is 11.8 Å². The van der Waals surface area contributed by atoms with Gasteiger partial charge in [0, 0.05) is 0 Å². The fourth-order valence-corrected chi connectivity index (χ4v) is 3.45.